The fourth-order valence-corrected chi connectivity index (χ4v) is 3.65. The monoisotopic (exact) mass is 398 g/mol. The highest BCUT2D eigenvalue weighted by atomic mass is 16.5. The van der Waals surface area contributed by atoms with Crippen LogP contribution in [0.4, 0.5) is 5.82 Å². The van der Waals surface area contributed by atoms with E-state index in [1.54, 1.807) is 7.11 Å². The predicted octanol–water partition coefficient (Wildman–Crippen LogP) is 5.95. The van der Waals surface area contributed by atoms with Gasteiger partial charge < -0.3 is 14.4 Å². The Morgan fingerprint density at radius 1 is 0.867 bits per heavy atom. The molecule has 0 bridgehead atoms. The van der Waals surface area contributed by atoms with Crippen LogP contribution >= 0.6 is 0 Å². The molecule has 0 spiro atoms. The Hall–Kier alpha value is -3.53. The number of fused-ring (bicyclic) bond motifs is 1. The molecule has 0 unspecified atom stereocenters. The molecule has 0 atom stereocenters. The number of methoxy groups -OCH3 is 1. The van der Waals surface area contributed by atoms with Crippen molar-refractivity contribution in [2.75, 3.05) is 25.7 Å². The fraction of sp³-hybridized carbons (Fsp3) is 0.192. The largest absolute Gasteiger partial charge is 0.493 e. The second-order valence-corrected chi connectivity index (χ2v) is 7.19. The maximum Gasteiger partial charge on any atom is 0.161 e. The van der Waals surface area contributed by atoms with Crippen LogP contribution < -0.4 is 14.4 Å². The van der Waals surface area contributed by atoms with Crippen molar-refractivity contribution in [1.29, 1.82) is 0 Å². The first-order valence-electron chi connectivity index (χ1n) is 10.2. The molecule has 1 aromatic heterocycles. The van der Waals surface area contributed by atoms with Gasteiger partial charge >= 0.3 is 0 Å². The number of pyridine rings is 1. The molecular formula is C26H26N2O2. The van der Waals surface area contributed by atoms with Gasteiger partial charge in [-0.05, 0) is 47.9 Å². The van der Waals surface area contributed by atoms with Crippen LogP contribution in [0.1, 0.15) is 12.5 Å². The van der Waals surface area contributed by atoms with Crippen molar-refractivity contribution in [2.45, 2.75) is 13.5 Å². The van der Waals surface area contributed by atoms with Gasteiger partial charge in [0.15, 0.2) is 11.5 Å². The van der Waals surface area contributed by atoms with Crippen LogP contribution in [0.3, 0.4) is 0 Å². The molecule has 4 nitrogen and oxygen atoms in total. The molecular weight excluding hydrogens is 372 g/mol. The zero-order chi connectivity index (χ0) is 20.9. The molecule has 0 aliphatic heterocycles. The number of hydrogen-bond acceptors (Lipinski definition) is 4. The van der Waals surface area contributed by atoms with Crippen LogP contribution in [0.5, 0.6) is 11.5 Å². The van der Waals surface area contributed by atoms with Crippen LogP contribution in [0.15, 0.2) is 78.9 Å². The summed E-state index contributed by atoms with van der Waals surface area (Å²) in [5.74, 6) is 2.45. The Labute approximate surface area is 177 Å². The number of aromatic nitrogens is 1. The molecule has 0 N–H and O–H groups in total. The van der Waals surface area contributed by atoms with Gasteiger partial charge in [0.25, 0.3) is 0 Å². The molecule has 4 heteroatoms. The third-order valence-corrected chi connectivity index (χ3v) is 5.13. The minimum atomic E-state index is 0.610. The van der Waals surface area contributed by atoms with Gasteiger partial charge in [-0.3, -0.25) is 0 Å². The molecule has 3 aromatic carbocycles. The minimum absolute atomic E-state index is 0.610. The second kappa shape index (κ2) is 8.87. The third kappa shape index (κ3) is 4.08. The molecule has 30 heavy (non-hydrogen) atoms. The van der Waals surface area contributed by atoms with Crippen LogP contribution in [-0.2, 0) is 6.54 Å². The van der Waals surface area contributed by atoms with Gasteiger partial charge in [0.1, 0.15) is 5.82 Å². The predicted molar refractivity (Wildman–Crippen MR) is 123 cm³/mol. The summed E-state index contributed by atoms with van der Waals surface area (Å²) in [4.78, 5) is 7.08. The van der Waals surface area contributed by atoms with Crippen molar-refractivity contribution in [1.82, 2.24) is 4.98 Å². The fourth-order valence-electron chi connectivity index (χ4n) is 3.65. The topological polar surface area (TPSA) is 34.6 Å². The van der Waals surface area contributed by atoms with E-state index in [1.807, 2.05) is 31.2 Å². The Morgan fingerprint density at radius 2 is 1.63 bits per heavy atom. The van der Waals surface area contributed by atoms with E-state index in [0.717, 1.165) is 33.8 Å². The van der Waals surface area contributed by atoms with E-state index in [9.17, 15) is 0 Å². The number of para-hydroxylation sites is 1. The number of anilines is 1. The van der Waals surface area contributed by atoms with Crippen LogP contribution in [0.25, 0.3) is 22.0 Å². The van der Waals surface area contributed by atoms with Crippen molar-refractivity contribution in [2.24, 2.45) is 0 Å². The Morgan fingerprint density at radius 3 is 2.40 bits per heavy atom. The summed E-state index contributed by atoms with van der Waals surface area (Å²) in [5.41, 5.74) is 4.50. The molecule has 152 valence electrons. The number of benzene rings is 3. The molecule has 4 rings (SSSR count). The van der Waals surface area contributed by atoms with Gasteiger partial charge in [0, 0.05) is 19.0 Å². The van der Waals surface area contributed by atoms with E-state index in [-0.39, 0.29) is 0 Å². The summed E-state index contributed by atoms with van der Waals surface area (Å²) in [6.07, 6.45) is 0. The summed E-state index contributed by atoms with van der Waals surface area (Å²) in [7, 11) is 3.73. The highest BCUT2D eigenvalue weighted by molar-refractivity contribution is 5.96. The zero-order valence-electron chi connectivity index (χ0n) is 17.6. The van der Waals surface area contributed by atoms with E-state index < -0.39 is 0 Å². The Kier molecular flexibility index (Phi) is 5.84. The maximum absolute atomic E-state index is 5.63. The number of hydrogen-bond donors (Lipinski definition) is 0. The molecule has 0 radical (unpaired) electrons. The van der Waals surface area contributed by atoms with Crippen LogP contribution in [0.2, 0.25) is 0 Å². The van der Waals surface area contributed by atoms with Crippen LogP contribution in [0, 0.1) is 0 Å². The summed E-state index contributed by atoms with van der Waals surface area (Å²) in [6, 6.07) is 27.0. The average molecular weight is 399 g/mol. The Balaban J connectivity index is 1.69. The van der Waals surface area contributed by atoms with Gasteiger partial charge in [-0.15, -0.1) is 0 Å². The van der Waals surface area contributed by atoms with E-state index in [0.29, 0.717) is 13.2 Å². The third-order valence-electron chi connectivity index (χ3n) is 5.13. The lowest BCUT2D eigenvalue weighted by Gasteiger charge is -2.21. The van der Waals surface area contributed by atoms with Gasteiger partial charge in [-0.25, -0.2) is 4.98 Å². The van der Waals surface area contributed by atoms with Gasteiger partial charge in [0.05, 0.1) is 19.2 Å². The summed E-state index contributed by atoms with van der Waals surface area (Å²) in [6.45, 7) is 3.29. The summed E-state index contributed by atoms with van der Waals surface area (Å²) < 4.78 is 11.1. The highest BCUT2D eigenvalue weighted by Crippen LogP contribution is 2.32. The number of rotatable bonds is 7. The van der Waals surface area contributed by atoms with E-state index in [1.165, 1.54) is 11.1 Å². The quantitative estimate of drug-likeness (QED) is 0.385. The molecule has 0 saturated carbocycles. The first-order valence-corrected chi connectivity index (χ1v) is 10.2. The lowest BCUT2D eigenvalue weighted by atomic mass is 10.0. The summed E-state index contributed by atoms with van der Waals surface area (Å²) >= 11 is 0. The molecule has 0 aliphatic rings. The smallest absolute Gasteiger partial charge is 0.161 e. The van der Waals surface area contributed by atoms with E-state index in [4.69, 9.17) is 14.5 Å². The first-order chi connectivity index (χ1) is 14.7. The lowest BCUT2D eigenvalue weighted by molar-refractivity contribution is 0.310. The van der Waals surface area contributed by atoms with Gasteiger partial charge in [-0.2, -0.15) is 0 Å². The number of nitrogens with zero attached hydrogens (tertiary/aromatic N) is 2. The van der Waals surface area contributed by atoms with Crippen molar-refractivity contribution in [3.8, 4) is 22.6 Å². The standard InChI is InChI=1S/C26H26N2O2/c1-4-30-24-15-14-19(16-25(24)29-3)18-28(2)26-17-22(20-10-6-5-7-11-20)21-12-8-9-13-23(21)27-26/h5-17H,4,18H2,1-3H3. The van der Waals surface area contributed by atoms with Gasteiger partial charge in [0.2, 0.25) is 0 Å². The SMILES string of the molecule is CCOc1ccc(CN(C)c2cc(-c3ccccc3)c3ccccc3n2)cc1OC. The van der Waals surface area contributed by atoms with Crippen molar-refractivity contribution in [3.05, 3.63) is 84.4 Å². The lowest BCUT2D eigenvalue weighted by Crippen LogP contribution is -2.18. The molecule has 0 aliphatic carbocycles. The maximum atomic E-state index is 5.63. The van der Waals surface area contributed by atoms with E-state index in [2.05, 4.69) is 66.5 Å². The normalized spacial score (nSPS) is 10.8. The molecule has 0 amide bonds. The molecule has 0 saturated heterocycles. The molecule has 0 fully saturated rings. The Bertz CT molecular complexity index is 1140. The minimum Gasteiger partial charge on any atom is -0.493 e. The number of ether oxygens (including phenoxy) is 2. The second-order valence-electron chi connectivity index (χ2n) is 7.19. The van der Waals surface area contributed by atoms with Crippen molar-refractivity contribution >= 4 is 16.7 Å². The molecule has 4 aromatic rings. The average Bonchev–Trinajstić information content (AvgIpc) is 2.80. The van der Waals surface area contributed by atoms with E-state index >= 15 is 0 Å². The van der Waals surface area contributed by atoms with Crippen LogP contribution in [-0.4, -0.2) is 25.7 Å². The highest BCUT2D eigenvalue weighted by Gasteiger charge is 2.12. The summed E-state index contributed by atoms with van der Waals surface area (Å²) in [5, 5.41) is 1.16. The zero-order valence-corrected chi connectivity index (χ0v) is 17.6. The molecule has 1 heterocycles. The first kappa shape index (κ1) is 19.8. The van der Waals surface area contributed by atoms with Gasteiger partial charge in [-0.1, -0.05) is 54.6 Å². The van der Waals surface area contributed by atoms with Crippen molar-refractivity contribution in [3.63, 3.8) is 0 Å². The van der Waals surface area contributed by atoms with Crippen molar-refractivity contribution < 1.29 is 9.47 Å².